The van der Waals surface area contributed by atoms with Gasteiger partial charge >= 0.3 is 11.9 Å². The molecule has 134 valence electrons. The number of carboxylic acids is 1. The van der Waals surface area contributed by atoms with Crippen LogP contribution in [0.1, 0.15) is 39.0 Å². The number of allylic oxidation sites excluding steroid dienone is 2. The van der Waals surface area contributed by atoms with E-state index in [4.69, 9.17) is 24.5 Å². The molecule has 0 spiro atoms. The van der Waals surface area contributed by atoms with Crippen molar-refractivity contribution in [3.63, 3.8) is 0 Å². The minimum atomic E-state index is -0.997. The van der Waals surface area contributed by atoms with E-state index in [1.165, 1.54) is 5.57 Å². The van der Waals surface area contributed by atoms with Gasteiger partial charge in [0.15, 0.2) is 0 Å². The Morgan fingerprint density at radius 3 is 2.75 bits per heavy atom. The fourth-order valence-corrected chi connectivity index (χ4v) is 2.39. The second-order valence-electron chi connectivity index (χ2n) is 5.48. The third kappa shape index (κ3) is 7.28. The molecule has 8 heteroatoms. The SMILES string of the molecule is CC1=CN(C2CCC(COC(=O)CCC(=O)O)O2)C=CC1.O=CO. The van der Waals surface area contributed by atoms with Crippen LogP contribution >= 0.6 is 0 Å². The predicted molar refractivity (Wildman–Crippen MR) is 83.8 cm³/mol. The highest BCUT2D eigenvalue weighted by Gasteiger charge is 2.29. The van der Waals surface area contributed by atoms with Crippen LogP contribution in [0.2, 0.25) is 0 Å². The Labute approximate surface area is 140 Å². The Hall–Kier alpha value is -2.35. The maximum Gasteiger partial charge on any atom is 0.306 e. The highest BCUT2D eigenvalue weighted by molar-refractivity contribution is 5.76. The van der Waals surface area contributed by atoms with Crippen LogP contribution in [-0.2, 0) is 23.9 Å². The van der Waals surface area contributed by atoms with Crippen molar-refractivity contribution in [2.45, 2.75) is 51.4 Å². The molecule has 0 aliphatic carbocycles. The highest BCUT2D eigenvalue weighted by atomic mass is 16.6. The largest absolute Gasteiger partial charge is 0.483 e. The molecule has 0 aromatic carbocycles. The zero-order valence-electron chi connectivity index (χ0n) is 13.6. The van der Waals surface area contributed by atoms with Crippen LogP contribution in [0, 0.1) is 0 Å². The topological polar surface area (TPSA) is 113 Å². The summed E-state index contributed by atoms with van der Waals surface area (Å²) in [5.74, 6) is -1.48. The Kier molecular flexibility index (Phi) is 8.56. The van der Waals surface area contributed by atoms with E-state index >= 15 is 0 Å². The lowest BCUT2D eigenvalue weighted by Crippen LogP contribution is -2.29. The van der Waals surface area contributed by atoms with Crippen molar-refractivity contribution in [2.75, 3.05) is 6.61 Å². The van der Waals surface area contributed by atoms with Gasteiger partial charge in [-0.2, -0.15) is 0 Å². The molecule has 0 amide bonds. The molecule has 0 bridgehead atoms. The van der Waals surface area contributed by atoms with E-state index in [2.05, 4.69) is 19.2 Å². The van der Waals surface area contributed by atoms with Crippen molar-refractivity contribution in [3.8, 4) is 0 Å². The van der Waals surface area contributed by atoms with Crippen molar-refractivity contribution in [3.05, 3.63) is 24.0 Å². The molecule has 2 unspecified atom stereocenters. The summed E-state index contributed by atoms with van der Waals surface area (Å²) in [5, 5.41) is 15.4. The monoisotopic (exact) mass is 341 g/mol. The average Bonchev–Trinajstić information content (AvgIpc) is 3.01. The number of ether oxygens (including phenoxy) is 2. The Bertz CT molecular complexity index is 501. The molecule has 2 heterocycles. The van der Waals surface area contributed by atoms with Crippen molar-refractivity contribution >= 4 is 18.4 Å². The van der Waals surface area contributed by atoms with E-state index in [0.717, 1.165) is 19.3 Å². The molecule has 0 saturated carbocycles. The summed E-state index contributed by atoms with van der Waals surface area (Å²) in [4.78, 5) is 32.1. The first-order chi connectivity index (χ1) is 11.5. The summed E-state index contributed by atoms with van der Waals surface area (Å²) in [6.45, 7) is 2.02. The molecule has 1 saturated heterocycles. The van der Waals surface area contributed by atoms with Gasteiger partial charge in [-0.25, -0.2) is 0 Å². The van der Waals surface area contributed by atoms with Gasteiger partial charge in [0.2, 0.25) is 0 Å². The molecule has 0 aromatic heterocycles. The second kappa shape index (κ2) is 10.4. The van der Waals surface area contributed by atoms with Gasteiger partial charge in [-0.1, -0.05) is 11.6 Å². The normalized spacial score (nSPS) is 22.2. The fraction of sp³-hybridized carbons (Fsp3) is 0.562. The van der Waals surface area contributed by atoms with Gasteiger partial charge in [0.25, 0.3) is 6.47 Å². The molecule has 2 aliphatic heterocycles. The first kappa shape index (κ1) is 19.7. The molecular weight excluding hydrogens is 318 g/mol. The third-order valence-corrected chi connectivity index (χ3v) is 3.48. The zero-order valence-corrected chi connectivity index (χ0v) is 13.6. The number of aliphatic carboxylic acids is 1. The van der Waals surface area contributed by atoms with Crippen LogP contribution in [0.4, 0.5) is 0 Å². The van der Waals surface area contributed by atoms with E-state index in [1.807, 2.05) is 11.1 Å². The average molecular weight is 341 g/mol. The maximum absolute atomic E-state index is 11.4. The van der Waals surface area contributed by atoms with E-state index in [1.54, 1.807) is 0 Å². The highest BCUT2D eigenvalue weighted by Crippen LogP contribution is 2.26. The number of carboxylic acid groups (broad SMARTS) is 2. The van der Waals surface area contributed by atoms with Crippen molar-refractivity contribution in [1.29, 1.82) is 0 Å². The van der Waals surface area contributed by atoms with Crippen LogP contribution in [-0.4, -0.2) is 52.5 Å². The number of carbonyl (C=O) groups is 3. The van der Waals surface area contributed by atoms with Crippen molar-refractivity contribution in [2.24, 2.45) is 0 Å². The third-order valence-electron chi connectivity index (χ3n) is 3.48. The van der Waals surface area contributed by atoms with Crippen LogP contribution in [0.25, 0.3) is 0 Å². The molecule has 2 atom stereocenters. The second-order valence-corrected chi connectivity index (χ2v) is 5.48. The molecule has 8 nitrogen and oxygen atoms in total. The van der Waals surface area contributed by atoms with Gasteiger partial charge in [0.1, 0.15) is 12.8 Å². The zero-order chi connectivity index (χ0) is 17.9. The molecule has 0 radical (unpaired) electrons. The fourth-order valence-electron chi connectivity index (χ4n) is 2.39. The number of esters is 1. The summed E-state index contributed by atoms with van der Waals surface area (Å²) in [7, 11) is 0. The Balaban J connectivity index is 0.000000891. The molecule has 24 heavy (non-hydrogen) atoms. The number of hydrogen-bond donors (Lipinski definition) is 2. The summed E-state index contributed by atoms with van der Waals surface area (Å²) in [5.41, 5.74) is 1.28. The molecule has 1 fully saturated rings. The van der Waals surface area contributed by atoms with Crippen LogP contribution in [0.5, 0.6) is 0 Å². The van der Waals surface area contributed by atoms with E-state index < -0.39 is 11.9 Å². The molecule has 0 aromatic rings. The van der Waals surface area contributed by atoms with Gasteiger partial charge in [-0.15, -0.1) is 0 Å². The minimum Gasteiger partial charge on any atom is -0.483 e. The first-order valence-corrected chi connectivity index (χ1v) is 7.68. The van der Waals surface area contributed by atoms with Crippen molar-refractivity contribution in [1.82, 2.24) is 4.90 Å². The number of nitrogens with zero attached hydrogens (tertiary/aromatic N) is 1. The lowest BCUT2D eigenvalue weighted by atomic mass is 10.2. The van der Waals surface area contributed by atoms with Crippen LogP contribution in [0.3, 0.4) is 0 Å². The van der Waals surface area contributed by atoms with E-state index in [0.29, 0.717) is 0 Å². The van der Waals surface area contributed by atoms with Gasteiger partial charge in [0, 0.05) is 12.4 Å². The summed E-state index contributed by atoms with van der Waals surface area (Å²) >= 11 is 0. The number of carbonyl (C=O) groups excluding carboxylic acids is 1. The summed E-state index contributed by atoms with van der Waals surface area (Å²) < 4.78 is 10.9. The number of hydrogen-bond acceptors (Lipinski definition) is 6. The molecule has 2 rings (SSSR count). The van der Waals surface area contributed by atoms with Crippen LogP contribution in [0.15, 0.2) is 24.0 Å². The van der Waals surface area contributed by atoms with E-state index in [-0.39, 0.29) is 38.3 Å². The smallest absolute Gasteiger partial charge is 0.306 e. The van der Waals surface area contributed by atoms with Gasteiger partial charge in [0.05, 0.1) is 18.9 Å². The van der Waals surface area contributed by atoms with Gasteiger partial charge in [-0.05, 0) is 26.2 Å². The van der Waals surface area contributed by atoms with Crippen molar-refractivity contribution < 1.29 is 34.1 Å². The standard InChI is InChI=1S/C15H21NO5.CH2O2/c1-11-3-2-8-16(9-11)13-5-4-12(21-13)10-20-15(19)7-6-14(17)18;2-1-3/h2,8-9,12-13H,3-7,10H2,1H3,(H,17,18);1H,(H,2,3). The molecular formula is C16H23NO7. The van der Waals surface area contributed by atoms with E-state index in [9.17, 15) is 9.59 Å². The molecule has 2 aliphatic rings. The Morgan fingerprint density at radius 2 is 2.12 bits per heavy atom. The first-order valence-electron chi connectivity index (χ1n) is 7.68. The maximum atomic E-state index is 11.4. The molecule has 2 N–H and O–H groups in total. The Morgan fingerprint density at radius 1 is 1.42 bits per heavy atom. The lowest BCUT2D eigenvalue weighted by Gasteiger charge is -2.26. The van der Waals surface area contributed by atoms with Gasteiger partial charge in [-0.3, -0.25) is 14.4 Å². The van der Waals surface area contributed by atoms with Gasteiger partial charge < -0.3 is 24.6 Å². The quantitative estimate of drug-likeness (QED) is 0.554. The van der Waals surface area contributed by atoms with Crippen LogP contribution < -0.4 is 0 Å². The minimum absolute atomic E-state index is 0.0146. The summed E-state index contributed by atoms with van der Waals surface area (Å²) in [6.07, 6.45) is 8.43. The predicted octanol–water partition coefficient (Wildman–Crippen LogP) is 1.72. The number of rotatable bonds is 6. The lowest BCUT2D eigenvalue weighted by molar-refractivity contribution is -0.151. The summed E-state index contributed by atoms with van der Waals surface area (Å²) in [6, 6.07) is 0.